The maximum atomic E-state index is 12.0. The fourth-order valence-electron chi connectivity index (χ4n) is 1.74. The third-order valence-electron chi connectivity index (χ3n) is 2.72. The van der Waals surface area contributed by atoms with E-state index in [-0.39, 0.29) is 5.78 Å². The van der Waals surface area contributed by atoms with E-state index in [1.807, 2.05) is 60.2 Å². The van der Waals surface area contributed by atoms with Gasteiger partial charge in [-0.05, 0) is 42.8 Å². The molecule has 0 aliphatic carbocycles. The van der Waals surface area contributed by atoms with Gasteiger partial charge in [-0.15, -0.1) is 0 Å². The molecule has 2 nitrogen and oxygen atoms in total. The second-order valence-corrected chi connectivity index (χ2v) is 4.84. The van der Waals surface area contributed by atoms with Crippen molar-refractivity contribution in [2.75, 3.05) is 0 Å². The van der Waals surface area contributed by atoms with E-state index in [1.54, 1.807) is 6.08 Å². The molecule has 0 spiro atoms. The van der Waals surface area contributed by atoms with Crippen LogP contribution in [0.15, 0.2) is 53.1 Å². The average Bonchev–Trinajstić information content (AvgIpc) is 2.86. The Morgan fingerprint density at radius 3 is 2.67 bits per heavy atom. The summed E-state index contributed by atoms with van der Waals surface area (Å²) in [6, 6.07) is 11.6. The van der Waals surface area contributed by atoms with Crippen molar-refractivity contribution in [2.24, 2.45) is 0 Å². The zero-order valence-electron chi connectivity index (χ0n) is 10.1. The number of hydrogen-bond donors (Lipinski definition) is 0. The van der Waals surface area contributed by atoms with Crippen LogP contribution in [0, 0.1) is 0 Å². The van der Waals surface area contributed by atoms with Gasteiger partial charge in [0.1, 0.15) is 0 Å². The number of nitrogens with zero attached hydrogens (tertiary/aromatic N) is 1. The van der Waals surface area contributed by atoms with Crippen LogP contribution in [0.25, 0.3) is 6.08 Å². The standard InChI is InChI=1S/C15H14BrNO/c1-2-17-11-3-4-14(17)15(18)10-7-12-5-8-13(16)9-6-12/h3-11H,2H2,1H3/b10-7+. The van der Waals surface area contributed by atoms with Crippen LogP contribution in [0.3, 0.4) is 0 Å². The number of halogens is 1. The van der Waals surface area contributed by atoms with Crippen LogP contribution in [0.1, 0.15) is 23.0 Å². The second kappa shape index (κ2) is 5.83. The van der Waals surface area contributed by atoms with E-state index in [9.17, 15) is 4.79 Å². The number of allylic oxidation sites excluding steroid dienone is 1. The van der Waals surface area contributed by atoms with Gasteiger partial charge in [0.05, 0.1) is 5.69 Å². The molecule has 0 atom stereocenters. The summed E-state index contributed by atoms with van der Waals surface area (Å²) in [7, 11) is 0. The maximum absolute atomic E-state index is 12.0. The lowest BCUT2D eigenvalue weighted by atomic mass is 10.2. The Hall–Kier alpha value is -1.61. The van der Waals surface area contributed by atoms with E-state index in [0.29, 0.717) is 0 Å². The van der Waals surface area contributed by atoms with Gasteiger partial charge in [0.2, 0.25) is 5.78 Å². The van der Waals surface area contributed by atoms with Crippen LogP contribution < -0.4 is 0 Å². The molecule has 0 radical (unpaired) electrons. The van der Waals surface area contributed by atoms with Crippen molar-refractivity contribution in [1.29, 1.82) is 0 Å². The third-order valence-corrected chi connectivity index (χ3v) is 3.25. The van der Waals surface area contributed by atoms with Gasteiger partial charge in [0.15, 0.2) is 0 Å². The molecular weight excluding hydrogens is 290 g/mol. The number of ketones is 1. The Kier molecular flexibility index (Phi) is 4.15. The fourth-order valence-corrected chi connectivity index (χ4v) is 2.01. The van der Waals surface area contributed by atoms with Crippen molar-refractivity contribution in [3.63, 3.8) is 0 Å². The van der Waals surface area contributed by atoms with Crippen molar-refractivity contribution in [3.8, 4) is 0 Å². The predicted molar refractivity (Wildman–Crippen MR) is 77.6 cm³/mol. The lowest BCUT2D eigenvalue weighted by Gasteiger charge is -2.02. The van der Waals surface area contributed by atoms with E-state index >= 15 is 0 Å². The average molecular weight is 304 g/mol. The van der Waals surface area contributed by atoms with Crippen LogP contribution in [0.2, 0.25) is 0 Å². The van der Waals surface area contributed by atoms with Crippen molar-refractivity contribution in [3.05, 3.63) is 64.4 Å². The van der Waals surface area contributed by atoms with Crippen LogP contribution in [-0.2, 0) is 6.54 Å². The Morgan fingerprint density at radius 1 is 1.28 bits per heavy atom. The summed E-state index contributed by atoms with van der Waals surface area (Å²) in [5.74, 6) is 0.0322. The van der Waals surface area contributed by atoms with Crippen LogP contribution in [0.5, 0.6) is 0 Å². The van der Waals surface area contributed by atoms with E-state index < -0.39 is 0 Å². The number of rotatable bonds is 4. The summed E-state index contributed by atoms with van der Waals surface area (Å²) >= 11 is 3.38. The van der Waals surface area contributed by atoms with E-state index in [1.165, 1.54) is 0 Å². The number of carbonyl (C=O) groups excluding carboxylic acids is 1. The number of hydrogen-bond acceptors (Lipinski definition) is 1. The highest BCUT2D eigenvalue weighted by atomic mass is 79.9. The summed E-state index contributed by atoms with van der Waals surface area (Å²) in [4.78, 5) is 12.0. The minimum absolute atomic E-state index is 0.0322. The summed E-state index contributed by atoms with van der Waals surface area (Å²) in [6.07, 6.45) is 5.37. The summed E-state index contributed by atoms with van der Waals surface area (Å²) in [6.45, 7) is 2.83. The molecule has 0 aliphatic heterocycles. The van der Waals surface area contributed by atoms with Gasteiger partial charge in [0.25, 0.3) is 0 Å². The number of benzene rings is 1. The summed E-state index contributed by atoms with van der Waals surface area (Å²) < 4.78 is 2.97. The highest BCUT2D eigenvalue weighted by Gasteiger charge is 2.05. The number of carbonyl (C=O) groups is 1. The zero-order chi connectivity index (χ0) is 13.0. The topological polar surface area (TPSA) is 22.0 Å². The number of aromatic nitrogens is 1. The molecule has 2 rings (SSSR count). The first-order chi connectivity index (χ1) is 8.70. The smallest absolute Gasteiger partial charge is 0.202 e. The fraction of sp³-hybridized carbons (Fsp3) is 0.133. The molecule has 0 unspecified atom stereocenters. The summed E-state index contributed by atoms with van der Waals surface area (Å²) in [5, 5.41) is 0. The van der Waals surface area contributed by atoms with Crippen molar-refractivity contribution in [2.45, 2.75) is 13.5 Å². The Bertz CT molecular complexity index is 566. The molecule has 92 valence electrons. The number of aryl methyl sites for hydroxylation is 1. The molecule has 0 bridgehead atoms. The molecule has 1 aromatic carbocycles. The van der Waals surface area contributed by atoms with Gasteiger partial charge in [-0.2, -0.15) is 0 Å². The van der Waals surface area contributed by atoms with Gasteiger partial charge in [-0.25, -0.2) is 0 Å². The molecule has 1 heterocycles. The van der Waals surface area contributed by atoms with Gasteiger partial charge in [0, 0.05) is 17.2 Å². The van der Waals surface area contributed by atoms with Crippen molar-refractivity contribution >= 4 is 27.8 Å². The molecule has 0 fully saturated rings. The first kappa shape index (κ1) is 12.8. The van der Waals surface area contributed by atoms with Crippen molar-refractivity contribution < 1.29 is 4.79 Å². The van der Waals surface area contributed by atoms with Crippen LogP contribution in [0.4, 0.5) is 0 Å². The first-order valence-corrected chi connectivity index (χ1v) is 6.63. The molecule has 2 aromatic rings. The van der Waals surface area contributed by atoms with Crippen LogP contribution in [-0.4, -0.2) is 10.4 Å². The first-order valence-electron chi connectivity index (χ1n) is 5.84. The van der Waals surface area contributed by atoms with E-state index in [4.69, 9.17) is 0 Å². The highest BCUT2D eigenvalue weighted by Crippen LogP contribution is 2.12. The Labute approximate surface area is 115 Å². The minimum atomic E-state index is 0.0322. The van der Waals surface area contributed by atoms with E-state index in [2.05, 4.69) is 15.9 Å². The lowest BCUT2D eigenvalue weighted by Crippen LogP contribution is -2.04. The van der Waals surface area contributed by atoms with Crippen LogP contribution >= 0.6 is 15.9 Å². The van der Waals surface area contributed by atoms with Gasteiger partial charge in [-0.1, -0.05) is 34.1 Å². The normalized spacial score (nSPS) is 11.0. The molecule has 0 saturated carbocycles. The van der Waals surface area contributed by atoms with Gasteiger partial charge >= 0.3 is 0 Å². The molecular formula is C15H14BrNO. The third kappa shape index (κ3) is 2.99. The maximum Gasteiger partial charge on any atom is 0.202 e. The molecule has 18 heavy (non-hydrogen) atoms. The molecule has 0 aliphatic rings. The van der Waals surface area contributed by atoms with E-state index in [0.717, 1.165) is 22.3 Å². The highest BCUT2D eigenvalue weighted by molar-refractivity contribution is 9.10. The quantitative estimate of drug-likeness (QED) is 0.614. The molecule has 0 saturated heterocycles. The Balaban J connectivity index is 2.14. The monoisotopic (exact) mass is 303 g/mol. The largest absolute Gasteiger partial charge is 0.345 e. The molecule has 0 N–H and O–H groups in total. The molecule has 0 amide bonds. The molecule has 1 aromatic heterocycles. The second-order valence-electron chi connectivity index (χ2n) is 3.93. The SMILES string of the molecule is CCn1cccc1C(=O)/C=C/c1ccc(Br)cc1. The predicted octanol–water partition coefficient (Wildman–Crippen LogP) is 4.17. The van der Waals surface area contributed by atoms with Crippen molar-refractivity contribution in [1.82, 2.24) is 4.57 Å². The summed E-state index contributed by atoms with van der Waals surface area (Å²) in [5.41, 5.74) is 1.74. The zero-order valence-corrected chi connectivity index (χ0v) is 11.7. The molecule has 3 heteroatoms. The minimum Gasteiger partial charge on any atom is -0.345 e. The lowest BCUT2D eigenvalue weighted by molar-refractivity contribution is 0.103. The van der Waals surface area contributed by atoms with Gasteiger partial charge in [-0.3, -0.25) is 4.79 Å². The van der Waals surface area contributed by atoms with Gasteiger partial charge < -0.3 is 4.57 Å². The Morgan fingerprint density at radius 2 is 2.00 bits per heavy atom.